The lowest BCUT2D eigenvalue weighted by Crippen LogP contribution is -2.17. The van der Waals surface area contributed by atoms with Gasteiger partial charge >= 0.3 is 6.18 Å². The second kappa shape index (κ2) is 8.30. The summed E-state index contributed by atoms with van der Waals surface area (Å²) in [5, 5.41) is 6.37. The minimum Gasteiger partial charge on any atom is -0.351 e. The minimum absolute atomic E-state index is 0.176. The fraction of sp³-hybridized carbons (Fsp3) is 0.318. The number of alkyl halides is 3. The molecule has 1 aromatic carbocycles. The van der Waals surface area contributed by atoms with Crippen LogP contribution in [-0.2, 0) is 6.18 Å². The Morgan fingerprint density at radius 3 is 2.53 bits per heavy atom. The fourth-order valence-electron chi connectivity index (χ4n) is 3.64. The van der Waals surface area contributed by atoms with Gasteiger partial charge in [-0.2, -0.15) is 18.2 Å². The van der Waals surface area contributed by atoms with Crippen LogP contribution in [0.5, 0.6) is 0 Å². The molecule has 0 atom stereocenters. The summed E-state index contributed by atoms with van der Waals surface area (Å²) in [7, 11) is 0. The zero-order valence-corrected chi connectivity index (χ0v) is 16.5. The van der Waals surface area contributed by atoms with E-state index in [1.807, 2.05) is 12.1 Å². The molecular formula is C22H22F3N5. The number of anilines is 3. The molecule has 5 nitrogen and oxygen atoms in total. The lowest BCUT2D eigenvalue weighted by molar-refractivity contribution is -0.138. The topological polar surface area (TPSA) is 62.7 Å². The molecule has 30 heavy (non-hydrogen) atoms. The van der Waals surface area contributed by atoms with Gasteiger partial charge in [0.25, 0.3) is 0 Å². The van der Waals surface area contributed by atoms with Crippen molar-refractivity contribution in [2.24, 2.45) is 0 Å². The number of aromatic nitrogens is 3. The quantitative estimate of drug-likeness (QED) is 0.540. The van der Waals surface area contributed by atoms with Crippen LogP contribution in [0.4, 0.5) is 30.6 Å². The van der Waals surface area contributed by atoms with Gasteiger partial charge in [-0.1, -0.05) is 18.9 Å². The summed E-state index contributed by atoms with van der Waals surface area (Å²) < 4.78 is 39.8. The molecule has 2 N–H and O–H groups in total. The van der Waals surface area contributed by atoms with Crippen LogP contribution in [0.15, 0.2) is 48.8 Å². The Balaban J connectivity index is 1.68. The third kappa shape index (κ3) is 4.69. The zero-order chi connectivity index (χ0) is 21.1. The number of halogens is 3. The van der Waals surface area contributed by atoms with Crippen LogP contribution in [0.3, 0.4) is 0 Å². The predicted octanol–water partition coefficient (Wildman–Crippen LogP) is 5.96. The minimum atomic E-state index is -4.41. The van der Waals surface area contributed by atoms with Gasteiger partial charge in [-0.25, -0.2) is 4.98 Å². The largest absolute Gasteiger partial charge is 0.416 e. The van der Waals surface area contributed by atoms with Crippen molar-refractivity contribution in [2.75, 3.05) is 10.6 Å². The molecule has 1 aliphatic carbocycles. The highest BCUT2D eigenvalue weighted by molar-refractivity contribution is 5.67. The first-order valence-corrected chi connectivity index (χ1v) is 9.89. The smallest absolute Gasteiger partial charge is 0.351 e. The molecule has 3 aromatic rings. The standard InChI is InChI=1S/C22H22F3N5/c1-14-8-9-17(11-18(14)22(23,24)25)27-20-12-19(15-5-4-10-26-13-15)29-21(30-20)28-16-6-2-3-7-16/h4-5,8-13,16H,2-3,6-7H2,1H3,(H2,27,28,29,30). The van der Waals surface area contributed by atoms with Crippen LogP contribution in [0, 0.1) is 6.92 Å². The van der Waals surface area contributed by atoms with Crippen molar-refractivity contribution in [1.29, 1.82) is 0 Å². The summed E-state index contributed by atoms with van der Waals surface area (Å²) in [6, 6.07) is 9.87. The van der Waals surface area contributed by atoms with Crippen LogP contribution in [-0.4, -0.2) is 21.0 Å². The van der Waals surface area contributed by atoms with Crippen LogP contribution in [0.1, 0.15) is 36.8 Å². The molecule has 4 rings (SSSR count). The van der Waals surface area contributed by atoms with E-state index in [4.69, 9.17) is 0 Å². The Labute approximate surface area is 172 Å². The average Bonchev–Trinajstić information content (AvgIpc) is 3.22. The highest BCUT2D eigenvalue weighted by atomic mass is 19.4. The van der Waals surface area contributed by atoms with Gasteiger partial charge in [0.05, 0.1) is 11.3 Å². The van der Waals surface area contributed by atoms with Gasteiger partial charge in [0.15, 0.2) is 0 Å². The number of benzene rings is 1. The number of hydrogen-bond donors (Lipinski definition) is 2. The van der Waals surface area contributed by atoms with Crippen molar-refractivity contribution in [2.45, 2.75) is 44.8 Å². The number of aryl methyl sites for hydroxylation is 1. The molecule has 1 aliphatic rings. The molecule has 8 heteroatoms. The summed E-state index contributed by atoms with van der Waals surface area (Å²) in [6.45, 7) is 1.45. The monoisotopic (exact) mass is 413 g/mol. The van der Waals surface area contributed by atoms with Gasteiger partial charge in [0.1, 0.15) is 5.82 Å². The average molecular weight is 413 g/mol. The predicted molar refractivity (Wildman–Crippen MR) is 111 cm³/mol. The van der Waals surface area contributed by atoms with Crippen LogP contribution >= 0.6 is 0 Å². The van der Waals surface area contributed by atoms with E-state index in [1.165, 1.54) is 13.0 Å². The molecule has 0 spiro atoms. The van der Waals surface area contributed by atoms with E-state index in [2.05, 4.69) is 25.6 Å². The van der Waals surface area contributed by atoms with Crippen molar-refractivity contribution in [3.8, 4) is 11.3 Å². The van der Waals surface area contributed by atoms with E-state index in [9.17, 15) is 13.2 Å². The van der Waals surface area contributed by atoms with Gasteiger partial charge in [0, 0.05) is 35.8 Å². The summed E-state index contributed by atoms with van der Waals surface area (Å²) in [5.74, 6) is 0.871. The fourth-order valence-corrected chi connectivity index (χ4v) is 3.64. The third-order valence-electron chi connectivity index (χ3n) is 5.19. The first kappa shape index (κ1) is 20.1. The van der Waals surface area contributed by atoms with Crippen molar-refractivity contribution in [3.05, 3.63) is 59.9 Å². The molecule has 1 fully saturated rings. The number of rotatable bonds is 5. The van der Waals surface area contributed by atoms with Crippen molar-refractivity contribution in [1.82, 2.24) is 15.0 Å². The molecule has 0 amide bonds. The van der Waals surface area contributed by atoms with E-state index < -0.39 is 11.7 Å². The second-order valence-electron chi connectivity index (χ2n) is 7.48. The van der Waals surface area contributed by atoms with Crippen molar-refractivity contribution in [3.63, 3.8) is 0 Å². The third-order valence-corrected chi connectivity index (χ3v) is 5.19. The SMILES string of the molecule is Cc1ccc(Nc2cc(-c3cccnc3)nc(NC3CCCC3)n2)cc1C(F)(F)F. The molecule has 2 aromatic heterocycles. The zero-order valence-electron chi connectivity index (χ0n) is 16.5. The molecule has 0 aliphatic heterocycles. The number of hydrogen-bond acceptors (Lipinski definition) is 5. The lowest BCUT2D eigenvalue weighted by Gasteiger charge is -2.16. The normalized spacial score (nSPS) is 14.7. The van der Waals surface area contributed by atoms with Crippen molar-refractivity contribution < 1.29 is 13.2 Å². The number of nitrogens with zero attached hydrogens (tertiary/aromatic N) is 3. The summed E-state index contributed by atoms with van der Waals surface area (Å²) in [6.07, 6.45) is 3.38. The van der Waals surface area contributed by atoms with Gasteiger partial charge in [-0.05, 0) is 49.6 Å². The molecule has 0 bridgehead atoms. The van der Waals surface area contributed by atoms with Crippen molar-refractivity contribution >= 4 is 17.5 Å². The Bertz CT molecular complexity index is 1020. The first-order valence-electron chi connectivity index (χ1n) is 9.89. The summed E-state index contributed by atoms with van der Waals surface area (Å²) in [5.41, 5.74) is 1.27. The maximum absolute atomic E-state index is 13.3. The molecule has 156 valence electrons. The molecule has 1 saturated carbocycles. The Morgan fingerprint density at radius 2 is 1.83 bits per heavy atom. The molecule has 2 heterocycles. The van der Waals surface area contributed by atoms with Gasteiger partial charge in [0.2, 0.25) is 5.95 Å². The highest BCUT2D eigenvalue weighted by Gasteiger charge is 2.32. The molecule has 0 unspecified atom stereocenters. The van der Waals surface area contributed by atoms with E-state index in [0.29, 0.717) is 29.2 Å². The van der Waals surface area contributed by atoms with E-state index in [1.54, 1.807) is 24.5 Å². The van der Waals surface area contributed by atoms with E-state index in [-0.39, 0.29) is 5.56 Å². The molecular weight excluding hydrogens is 391 g/mol. The van der Waals surface area contributed by atoms with E-state index >= 15 is 0 Å². The Morgan fingerprint density at radius 1 is 1.03 bits per heavy atom. The Hall–Kier alpha value is -3.16. The Kier molecular flexibility index (Phi) is 5.57. The highest BCUT2D eigenvalue weighted by Crippen LogP contribution is 2.34. The van der Waals surface area contributed by atoms with Crippen LogP contribution < -0.4 is 10.6 Å². The van der Waals surface area contributed by atoms with Crippen LogP contribution in [0.25, 0.3) is 11.3 Å². The van der Waals surface area contributed by atoms with Gasteiger partial charge < -0.3 is 10.6 Å². The summed E-state index contributed by atoms with van der Waals surface area (Å²) >= 11 is 0. The maximum Gasteiger partial charge on any atom is 0.416 e. The molecule has 0 radical (unpaired) electrons. The van der Waals surface area contributed by atoms with E-state index in [0.717, 1.165) is 37.3 Å². The van der Waals surface area contributed by atoms with Gasteiger partial charge in [-0.15, -0.1) is 0 Å². The summed E-state index contributed by atoms with van der Waals surface area (Å²) in [4.78, 5) is 13.2. The number of pyridine rings is 1. The second-order valence-corrected chi connectivity index (χ2v) is 7.48. The maximum atomic E-state index is 13.3. The molecule has 0 saturated heterocycles. The number of nitrogens with one attached hydrogen (secondary N) is 2. The van der Waals surface area contributed by atoms with Crippen LogP contribution in [0.2, 0.25) is 0 Å². The van der Waals surface area contributed by atoms with Gasteiger partial charge in [-0.3, -0.25) is 4.98 Å². The first-order chi connectivity index (χ1) is 14.4. The lowest BCUT2D eigenvalue weighted by atomic mass is 10.1.